The molecule has 0 bridgehead atoms. The third-order valence-corrected chi connectivity index (χ3v) is 3.82. The van der Waals surface area contributed by atoms with Crippen LogP contribution in [0.1, 0.15) is 59.3 Å². The van der Waals surface area contributed by atoms with E-state index in [2.05, 4.69) is 16.0 Å². The fraction of sp³-hybridized carbons (Fsp3) is 0.875. The maximum absolute atomic E-state index is 11.6. The molecule has 2 aliphatic rings. The van der Waals surface area contributed by atoms with E-state index in [9.17, 15) is 9.59 Å². The number of carbonyl (C=O) groups is 2. The van der Waals surface area contributed by atoms with Crippen LogP contribution in [0.15, 0.2) is 0 Å². The van der Waals surface area contributed by atoms with Gasteiger partial charge in [0.05, 0.1) is 0 Å². The molecule has 6 heteroatoms. The molecule has 2 fully saturated rings. The van der Waals surface area contributed by atoms with Crippen molar-refractivity contribution in [3.63, 3.8) is 0 Å². The minimum absolute atomic E-state index is 0.169. The molecule has 2 aliphatic carbocycles. The van der Waals surface area contributed by atoms with Crippen molar-refractivity contribution in [3.05, 3.63) is 0 Å². The lowest BCUT2D eigenvalue weighted by Gasteiger charge is -2.36. The lowest BCUT2D eigenvalue weighted by Crippen LogP contribution is -2.53. The standard InChI is InChI=1S/C16H29N3O3/c1-16(2,3)22-15(21)19-13-9-12(10-13)17-8-4-5-14(20)18-11-6-7-11/h11-13,17H,4-10H2,1-3H3,(H,18,20)(H,19,21). The Morgan fingerprint density at radius 3 is 2.32 bits per heavy atom. The van der Waals surface area contributed by atoms with Gasteiger partial charge >= 0.3 is 6.09 Å². The zero-order valence-electron chi connectivity index (χ0n) is 13.9. The van der Waals surface area contributed by atoms with Crippen molar-refractivity contribution in [1.82, 2.24) is 16.0 Å². The molecule has 22 heavy (non-hydrogen) atoms. The van der Waals surface area contributed by atoms with Crippen LogP contribution in [-0.4, -0.2) is 42.3 Å². The van der Waals surface area contributed by atoms with E-state index in [0.29, 0.717) is 18.5 Å². The van der Waals surface area contributed by atoms with E-state index in [1.807, 2.05) is 20.8 Å². The summed E-state index contributed by atoms with van der Waals surface area (Å²) in [5, 5.41) is 9.29. The van der Waals surface area contributed by atoms with Crippen molar-refractivity contribution in [3.8, 4) is 0 Å². The first-order valence-corrected chi connectivity index (χ1v) is 8.34. The molecule has 2 amide bonds. The van der Waals surface area contributed by atoms with E-state index < -0.39 is 5.60 Å². The zero-order chi connectivity index (χ0) is 16.2. The molecule has 0 aromatic rings. The summed E-state index contributed by atoms with van der Waals surface area (Å²) < 4.78 is 5.23. The maximum Gasteiger partial charge on any atom is 0.407 e. The largest absolute Gasteiger partial charge is 0.444 e. The van der Waals surface area contributed by atoms with Crippen molar-refractivity contribution in [2.24, 2.45) is 0 Å². The molecule has 0 spiro atoms. The predicted octanol–water partition coefficient (Wildman–Crippen LogP) is 1.69. The van der Waals surface area contributed by atoms with Crippen LogP contribution < -0.4 is 16.0 Å². The van der Waals surface area contributed by atoms with E-state index in [1.54, 1.807) is 0 Å². The molecule has 0 radical (unpaired) electrons. The highest BCUT2D eigenvalue weighted by Crippen LogP contribution is 2.21. The molecule has 0 atom stereocenters. The maximum atomic E-state index is 11.6. The molecule has 6 nitrogen and oxygen atoms in total. The first-order chi connectivity index (χ1) is 10.3. The minimum atomic E-state index is -0.452. The van der Waals surface area contributed by atoms with Gasteiger partial charge in [-0.05, 0) is 59.4 Å². The van der Waals surface area contributed by atoms with Crippen LogP contribution >= 0.6 is 0 Å². The number of ether oxygens (including phenoxy) is 1. The minimum Gasteiger partial charge on any atom is -0.444 e. The van der Waals surface area contributed by atoms with Gasteiger partial charge in [0, 0.05) is 24.5 Å². The fourth-order valence-electron chi connectivity index (χ4n) is 2.46. The lowest BCUT2D eigenvalue weighted by atomic mass is 9.87. The van der Waals surface area contributed by atoms with Crippen LogP contribution in [0.3, 0.4) is 0 Å². The molecule has 126 valence electrons. The van der Waals surface area contributed by atoms with Crippen LogP contribution in [0.2, 0.25) is 0 Å². The number of hydrogen-bond donors (Lipinski definition) is 3. The Hall–Kier alpha value is -1.30. The molecular weight excluding hydrogens is 282 g/mol. The molecule has 0 aromatic heterocycles. The summed E-state index contributed by atoms with van der Waals surface area (Å²) in [7, 11) is 0. The van der Waals surface area contributed by atoms with Gasteiger partial charge in [-0.3, -0.25) is 4.79 Å². The Labute approximate surface area is 132 Å². The Bertz CT molecular complexity index is 396. The van der Waals surface area contributed by atoms with Gasteiger partial charge in [-0.25, -0.2) is 4.79 Å². The van der Waals surface area contributed by atoms with Gasteiger partial charge in [-0.1, -0.05) is 0 Å². The Balaban J connectivity index is 1.45. The highest BCUT2D eigenvalue weighted by atomic mass is 16.6. The number of nitrogens with one attached hydrogen (secondary N) is 3. The van der Waals surface area contributed by atoms with E-state index >= 15 is 0 Å². The van der Waals surface area contributed by atoms with E-state index in [0.717, 1.165) is 38.6 Å². The topological polar surface area (TPSA) is 79.5 Å². The molecule has 0 heterocycles. The molecule has 2 saturated carbocycles. The van der Waals surface area contributed by atoms with E-state index in [-0.39, 0.29) is 18.0 Å². The van der Waals surface area contributed by atoms with Gasteiger partial charge in [0.25, 0.3) is 0 Å². The Kier molecular flexibility index (Phi) is 5.67. The van der Waals surface area contributed by atoms with Gasteiger partial charge in [-0.2, -0.15) is 0 Å². The van der Waals surface area contributed by atoms with Gasteiger partial charge in [0.2, 0.25) is 5.91 Å². The highest BCUT2D eigenvalue weighted by Gasteiger charge is 2.31. The number of rotatable bonds is 7. The molecule has 0 unspecified atom stereocenters. The Morgan fingerprint density at radius 2 is 1.73 bits per heavy atom. The van der Waals surface area contributed by atoms with Crippen LogP contribution in [0, 0.1) is 0 Å². The average Bonchev–Trinajstić information content (AvgIpc) is 3.12. The van der Waals surface area contributed by atoms with Crippen molar-refractivity contribution in [1.29, 1.82) is 0 Å². The summed E-state index contributed by atoms with van der Waals surface area (Å²) in [6, 6.07) is 1.09. The second-order valence-electron chi connectivity index (χ2n) is 7.41. The molecule has 0 saturated heterocycles. The molecular formula is C16H29N3O3. The SMILES string of the molecule is CC(C)(C)OC(=O)NC1CC(NCCCC(=O)NC2CC2)C1. The zero-order valence-corrected chi connectivity index (χ0v) is 13.9. The quantitative estimate of drug-likeness (QED) is 0.625. The summed E-state index contributed by atoms with van der Waals surface area (Å²) in [6.45, 7) is 6.42. The van der Waals surface area contributed by atoms with Crippen molar-refractivity contribution in [2.75, 3.05) is 6.54 Å². The normalized spacial score (nSPS) is 24.3. The molecule has 2 rings (SSSR count). The summed E-state index contributed by atoms with van der Waals surface area (Å²) >= 11 is 0. The predicted molar refractivity (Wildman–Crippen MR) is 84.6 cm³/mol. The van der Waals surface area contributed by atoms with Crippen molar-refractivity contribution >= 4 is 12.0 Å². The fourth-order valence-corrected chi connectivity index (χ4v) is 2.46. The van der Waals surface area contributed by atoms with Crippen molar-refractivity contribution in [2.45, 2.75) is 83.0 Å². The first-order valence-electron chi connectivity index (χ1n) is 8.34. The van der Waals surface area contributed by atoms with Gasteiger partial charge in [0.15, 0.2) is 0 Å². The molecule has 0 aliphatic heterocycles. The Morgan fingerprint density at radius 1 is 1.05 bits per heavy atom. The third-order valence-electron chi connectivity index (χ3n) is 3.82. The van der Waals surface area contributed by atoms with Gasteiger partial charge < -0.3 is 20.7 Å². The summed E-state index contributed by atoms with van der Waals surface area (Å²) in [5.74, 6) is 0.169. The first kappa shape index (κ1) is 17.1. The number of alkyl carbamates (subject to hydrolysis) is 1. The van der Waals surface area contributed by atoms with Crippen LogP contribution in [0.4, 0.5) is 4.79 Å². The second kappa shape index (κ2) is 7.31. The van der Waals surface area contributed by atoms with Gasteiger partial charge in [0.1, 0.15) is 5.60 Å². The highest BCUT2D eigenvalue weighted by molar-refractivity contribution is 5.76. The summed E-state index contributed by atoms with van der Waals surface area (Å²) in [4.78, 5) is 23.1. The summed E-state index contributed by atoms with van der Waals surface area (Å²) in [6.07, 6.45) is 5.24. The lowest BCUT2D eigenvalue weighted by molar-refractivity contribution is -0.121. The number of hydrogen-bond acceptors (Lipinski definition) is 4. The summed E-state index contributed by atoms with van der Waals surface area (Å²) in [5.41, 5.74) is -0.452. The van der Waals surface area contributed by atoms with E-state index in [4.69, 9.17) is 4.74 Å². The number of amides is 2. The monoisotopic (exact) mass is 311 g/mol. The average molecular weight is 311 g/mol. The van der Waals surface area contributed by atoms with Gasteiger partial charge in [-0.15, -0.1) is 0 Å². The second-order valence-corrected chi connectivity index (χ2v) is 7.41. The van der Waals surface area contributed by atoms with Crippen LogP contribution in [-0.2, 0) is 9.53 Å². The van der Waals surface area contributed by atoms with E-state index in [1.165, 1.54) is 0 Å². The third kappa shape index (κ3) is 6.64. The molecule has 0 aromatic carbocycles. The molecule has 3 N–H and O–H groups in total. The number of carbonyl (C=O) groups excluding carboxylic acids is 2. The smallest absolute Gasteiger partial charge is 0.407 e. The van der Waals surface area contributed by atoms with Crippen LogP contribution in [0.25, 0.3) is 0 Å². The van der Waals surface area contributed by atoms with Crippen LogP contribution in [0.5, 0.6) is 0 Å². The van der Waals surface area contributed by atoms with Crippen molar-refractivity contribution < 1.29 is 14.3 Å².